The van der Waals surface area contributed by atoms with Gasteiger partial charge in [-0.2, -0.15) is 0 Å². The highest BCUT2D eigenvalue weighted by molar-refractivity contribution is 5.98. The molecule has 0 saturated carbocycles. The Morgan fingerprint density at radius 3 is 2.74 bits per heavy atom. The molecule has 0 unspecified atom stereocenters. The third-order valence-electron chi connectivity index (χ3n) is 3.71. The van der Waals surface area contributed by atoms with E-state index in [1.807, 2.05) is 19.2 Å². The van der Waals surface area contributed by atoms with Gasteiger partial charge in [-0.25, -0.2) is 0 Å². The molecule has 0 saturated heterocycles. The van der Waals surface area contributed by atoms with Gasteiger partial charge in [0.05, 0.1) is 11.4 Å². The van der Waals surface area contributed by atoms with E-state index in [2.05, 4.69) is 24.8 Å². The molecule has 1 aromatic rings. The van der Waals surface area contributed by atoms with E-state index in [1.165, 1.54) is 11.3 Å². The lowest BCUT2D eigenvalue weighted by atomic mass is 9.99. The van der Waals surface area contributed by atoms with Gasteiger partial charge < -0.3 is 15.5 Å². The summed E-state index contributed by atoms with van der Waals surface area (Å²) in [6.45, 7) is 6.50. The lowest BCUT2D eigenvalue weighted by Gasteiger charge is -2.28. The molecule has 0 aromatic heterocycles. The molecule has 0 spiro atoms. The van der Waals surface area contributed by atoms with Gasteiger partial charge in [0.15, 0.2) is 0 Å². The average molecular weight is 261 g/mol. The van der Waals surface area contributed by atoms with Crippen molar-refractivity contribution in [3.8, 4) is 0 Å². The Labute approximate surface area is 115 Å². The number of hydrogen-bond acceptors (Lipinski definition) is 3. The molecule has 0 aliphatic carbocycles. The molecule has 0 fully saturated rings. The first-order valence-corrected chi connectivity index (χ1v) is 6.90. The number of carbonyl (C=O) groups is 1. The molecule has 1 aliphatic heterocycles. The topological polar surface area (TPSA) is 49.6 Å². The maximum absolute atomic E-state index is 12.1. The fourth-order valence-corrected chi connectivity index (χ4v) is 2.65. The molecule has 104 valence electrons. The SMILES string of the molecule is CC(C)c1cccc2c1N(CCN)CCC(=O)N2C. The second kappa shape index (κ2) is 5.61. The second-order valence-corrected chi connectivity index (χ2v) is 5.35. The number of hydrogen-bond donors (Lipinski definition) is 1. The monoisotopic (exact) mass is 261 g/mol. The molecular formula is C15H23N3O. The van der Waals surface area contributed by atoms with Crippen molar-refractivity contribution in [2.45, 2.75) is 26.2 Å². The van der Waals surface area contributed by atoms with Gasteiger partial charge in [-0.3, -0.25) is 4.79 Å². The van der Waals surface area contributed by atoms with Gasteiger partial charge in [0.2, 0.25) is 5.91 Å². The Bertz CT molecular complexity index is 470. The van der Waals surface area contributed by atoms with Gasteiger partial charge in [0.25, 0.3) is 0 Å². The Kier molecular flexibility index (Phi) is 4.10. The summed E-state index contributed by atoms with van der Waals surface area (Å²) < 4.78 is 0. The molecular weight excluding hydrogens is 238 g/mol. The third-order valence-corrected chi connectivity index (χ3v) is 3.71. The number of benzene rings is 1. The largest absolute Gasteiger partial charge is 0.368 e. The Morgan fingerprint density at radius 1 is 1.37 bits per heavy atom. The van der Waals surface area contributed by atoms with Crippen LogP contribution in [0.5, 0.6) is 0 Å². The van der Waals surface area contributed by atoms with E-state index >= 15 is 0 Å². The van der Waals surface area contributed by atoms with E-state index in [-0.39, 0.29) is 5.91 Å². The lowest BCUT2D eigenvalue weighted by molar-refractivity contribution is -0.118. The third kappa shape index (κ3) is 2.59. The second-order valence-electron chi connectivity index (χ2n) is 5.35. The summed E-state index contributed by atoms with van der Waals surface area (Å²) in [6.07, 6.45) is 0.544. The standard InChI is InChI=1S/C15H23N3O/c1-11(2)12-5-4-6-13-15(12)18(10-8-16)9-7-14(19)17(13)3/h4-6,11H,7-10,16H2,1-3H3. The summed E-state index contributed by atoms with van der Waals surface area (Å²) in [4.78, 5) is 16.1. The number of amides is 1. The van der Waals surface area contributed by atoms with Crippen LogP contribution < -0.4 is 15.5 Å². The first kappa shape index (κ1) is 13.9. The van der Waals surface area contributed by atoms with Crippen molar-refractivity contribution < 1.29 is 4.79 Å². The van der Waals surface area contributed by atoms with Crippen LogP contribution in [0.3, 0.4) is 0 Å². The highest BCUT2D eigenvalue weighted by Gasteiger charge is 2.26. The summed E-state index contributed by atoms with van der Waals surface area (Å²) in [5.41, 5.74) is 9.19. The van der Waals surface area contributed by atoms with Gasteiger partial charge in [0, 0.05) is 33.1 Å². The van der Waals surface area contributed by atoms with Crippen molar-refractivity contribution in [1.29, 1.82) is 0 Å². The van der Waals surface area contributed by atoms with Crippen molar-refractivity contribution in [1.82, 2.24) is 0 Å². The Balaban J connectivity index is 2.58. The van der Waals surface area contributed by atoms with Crippen LogP contribution in [-0.2, 0) is 4.79 Å². The van der Waals surface area contributed by atoms with Crippen LogP contribution in [0.1, 0.15) is 31.7 Å². The van der Waals surface area contributed by atoms with Crippen LogP contribution >= 0.6 is 0 Å². The Morgan fingerprint density at radius 2 is 2.11 bits per heavy atom. The number of nitrogens with two attached hydrogens (primary N) is 1. The fraction of sp³-hybridized carbons (Fsp3) is 0.533. The zero-order valence-corrected chi connectivity index (χ0v) is 12.0. The maximum atomic E-state index is 12.1. The molecule has 4 heteroatoms. The maximum Gasteiger partial charge on any atom is 0.228 e. The number of nitrogens with zero attached hydrogens (tertiary/aromatic N) is 2. The summed E-state index contributed by atoms with van der Waals surface area (Å²) >= 11 is 0. The van der Waals surface area contributed by atoms with E-state index < -0.39 is 0 Å². The van der Waals surface area contributed by atoms with Crippen molar-refractivity contribution in [3.05, 3.63) is 23.8 Å². The summed E-state index contributed by atoms with van der Waals surface area (Å²) in [5, 5.41) is 0. The molecule has 4 nitrogen and oxygen atoms in total. The zero-order chi connectivity index (χ0) is 14.0. The average Bonchev–Trinajstić information content (AvgIpc) is 2.51. The molecule has 1 heterocycles. The minimum absolute atomic E-state index is 0.168. The fourth-order valence-electron chi connectivity index (χ4n) is 2.65. The molecule has 0 radical (unpaired) electrons. The molecule has 2 N–H and O–H groups in total. The normalized spacial score (nSPS) is 15.7. The lowest BCUT2D eigenvalue weighted by Crippen LogP contribution is -2.31. The van der Waals surface area contributed by atoms with Crippen LogP contribution in [-0.4, -0.2) is 32.6 Å². The quantitative estimate of drug-likeness (QED) is 0.904. The van der Waals surface area contributed by atoms with E-state index in [0.717, 1.165) is 18.8 Å². The van der Waals surface area contributed by atoms with Crippen molar-refractivity contribution in [2.75, 3.05) is 36.5 Å². The minimum Gasteiger partial charge on any atom is -0.368 e. The van der Waals surface area contributed by atoms with Gasteiger partial charge in [-0.15, -0.1) is 0 Å². The van der Waals surface area contributed by atoms with Gasteiger partial charge in [-0.1, -0.05) is 26.0 Å². The molecule has 1 aromatic carbocycles. The van der Waals surface area contributed by atoms with Crippen molar-refractivity contribution in [3.63, 3.8) is 0 Å². The van der Waals surface area contributed by atoms with Gasteiger partial charge >= 0.3 is 0 Å². The predicted molar refractivity (Wildman–Crippen MR) is 79.8 cm³/mol. The first-order valence-electron chi connectivity index (χ1n) is 6.90. The Hall–Kier alpha value is -1.55. The van der Waals surface area contributed by atoms with Crippen molar-refractivity contribution in [2.24, 2.45) is 5.73 Å². The van der Waals surface area contributed by atoms with Crippen LogP contribution in [0.15, 0.2) is 18.2 Å². The smallest absolute Gasteiger partial charge is 0.228 e. The van der Waals surface area contributed by atoms with E-state index in [0.29, 0.717) is 18.9 Å². The molecule has 2 rings (SSSR count). The predicted octanol–water partition coefficient (Wildman–Crippen LogP) is 1.94. The summed E-state index contributed by atoms with van der Waals surface area (Å²) in [5.74, 6) is 0.596. The van der Waals surface area contributed by atoms with Crippen LogP contribution in [0, 0.1) is 0 Å². The first-order chi connectivity index (χ1) is 9.06. The molecule has 1 amide bonds. The van der Waals surface area contributed by atoms with Crippen LogP contribution in [0.4, 0.5) is 11.4 Å². The number of anilines is 2. The van der Waals surface area contributed by atoms with Crippen molar-refractivity contribution >= 4 is 17.3 Å². The summed E-state index contributed by atoms with van der Waals surface area (Å²) in [7, 11) is 1.86. The molecule has 1 aliphatic rings. The van der Waals surface area contributed by atoms with Crippen LogP contribution in [0.2, 0.25) is 0 Å². The number of para-hydroxylation sites is 1. The number of rotatable bonds is 3. The minimum atomic E-state index is 0.168. The van der Waals surface area contributed by atoms with Crippen LogP contribution in [0.25, 0.3) is 0 Å². The molecule has 0 bridgehead atoms. The van der Waals surface area contributed by atoms with E-state index in [1.54, 1.807) is 4.90 Å². The van der Waals surface area contributed by atoms with E-state index in [4.69, 9.17) is 5.73 Å². The highest BCUT2D eigenvalue weighted by atomic mass is 16.2. The van der Waals surface area contributed by atoms with Gasteiger partial charge in [0.1, 0.15) is 0 Å². The molecule has 19 heavy (non-hydrogen) atoms. The zero-order valence-electron chi connectivity index (χ0n) is 12.0. The summed E-state index contributed by atoms with van der Waals surface area (Å²) in [6, 6.07) is 6.20. The van der Waals surface area contributed by atoms with Gasteiger partial charge in [-0.05, 0) is 17.5 Å². The number of fused-ring (bicyclic) bond motifs is 1. The van der Waals surface area contributed by atoms with E-state index in [9.17, 15) is 4.79 Å². The highest BCUT2D eigenvalue weighted by Crippen LogP contribution is 2.38. The molecule has 0 atom stereocenters. The number of carbonyl (C=O) groups excluding carboxylic acids is 1.